The maximum absolute atomic E-state index is 12.7. The van der Waals surface area contributed by atoms with Crippen LogP contribution in [0, 0.1) is 0 Å². The number of halogens is 1. The van der Waals surface area contributed by atoms with Gasteiger partial charge in [0.15, 0.2) is 0 Å². The van der Waals surface area contributed by atoms with Gasteiger partial charge in [-0.2, -0.15) is 0 Å². The lowest BCUT2D eigenvalue weighted by Crippen LogP contribution is -2.33. The van der Waals surface area contributed by atoms with Gasteiger partial charge in [-0.3, -0.25) is 19.3 Å². The molecule has 1 aliphatic heterocycles. The Balaban J connectivity index is 1.38. The molecule has 8 nitrogen and oxygen atoms in total. The molecule has 0 aromatic heterocycles. The van der Waals surface area contributed by atoms with E-state index in [0.29, 0.717) is 5.56 Å². The van der Waals surface area contributed by atoms with Crippen LogP contribution in [0.1, 0.15) is 31.8 Å². The van der Waals surface area contributed by atoms with Crippen molar-refractivity contribution in [3.8, 4) is 0 Å². The number of para-hydroxylation sites is 1. The largest absolute Gasteiger partial charge is 0.478 e. The molecule has 3 aromatic rings. The second-order valence-electron chi connectivity index (χ2n) is 7.73. The second kappa shape index (κ2) is 10.2. The van der Waals surface area contributed by atoms with Crippen LogP contribution in [0.3, 0.4) is 0 Å². The Hall–Kier alpha value is -4.43. The Labute approximate surface area is 205 Å². The number of imide groups is 1. The molecule has 4 rings (SSSR count). The van der Waals surface area contributed by atoms with E-state index in [0.717, 1.165) is 16.0 Å². The number of nitrogens with zero attached hydrogens (tertiary/aromatic N) is 1. The van der Waals surface area contributed by atoms with Gasteiger partial charge in [0, 0.05) is 12.1 Å². The second-order valence-corrected chi connectivity index (χ2v) is 8.10. The van der Waals surface area contributed by atoms with Gasteiger partial charge in [-0.25, -0.2) is 4.79 Å². The highest BCUT2D eigenvalue weighted by atomic mass is 35.5. The van der Waals surface area contributed by atoms with E-state index in [4.69, 9.17) is 11.6 Å². The van der Waals surface area contributed by atoms with E-state index in [-0.39, 0.29) is 35.1 Å². The first-order valence-electron chi connectivity index (χ1n) is 10.6. The molecule has 0 fully saturated rings. The zero-order valence-electron chi connectivity index (χ0n) is 18.3. The fraction of sp³-hybridized carbons (Fsp3) is 0.0769. The molecule has 0 saturated carbocycles. The summed E-state index contributed by atoms with van der Waals surface area (Å²) in [4.78, 5) is 50.2. The van der Waals surface area contributed by atoms with Crippen molar-refractivity contribution in [3.63, 3.8) is 0 Å². The first-order chi connectivity index (χ1) is 16.8. The maximum Gasteiger partial charge on any atom is 0.337 e. The zero-order valence-corrected chi connectivity index (χ0v) is 19.1. The van der Waals surface area contributed by atoms with Crippen LogP contribution in [-0.2, 0) is 22.7 Å². The summed E-state index contributed by atoms with van der Waals surface area (Å²) in [5.74, 6) is -2.66. The zero-order chi connectivity index (χ0) is 24.9. The number of aromatic carboxylic acids is 1. The number of hydrogen-bond donors (Lipinski definition) is 3. The van der Waals surface area contributed by atoms with E-state index in [1.54, 1.807) is 36.4 Å². The third kappa shape index (κ3) is 5.23. The number of carboxylic acid groups (broad SMARTS) is 1. The van der Waals surface area contributed by atoms with Crippen LogP contribution in [0.5, 0.6) is 0 Å². The van der Waals surface area contributed by atoms with Gasteiger partial charge in [0.25, 0.3) is 17.7 Å². The fourth-order valence-electron chi connectivity index (χ4n) is 3.55. The Morgan fingerprint density at radius 3 is 2.17 bits per heavy atom. The summed E-state index contributed by atoms with van der Waals surface area (Å²) in [6, 6.07) is 21.8. The SMILES string of the molecule is O=C(Nc1ccccc1C(=O)O)c1ccc(CNC2=C(Cl)C(=O)N(Cc3ccccc3)C2=O)cc1. The van der Waals surface area contributed by atoms with Crippen LogP contribution in [0.4, 0.5) is 5.69 Å². The molecule has 0 aliphatic carbocycles. The van der Waals surface area contributed by atoms with Gasteiger partial charge in [0.1, 0.15) is 10.7 Å². The van der Waals surface area contributed by atoms with Crippen molar-refractivity contribution in [2.24, 2.45) is 0 Å². The molecular formula is C26H20ClN3O5. The number of carboxylic acids is 1. The van der Waals surface area contributed by atoms with Crippen molar-refractivity contribution in [2.45, 2.75) is 13.1 Å². The number of carbonyl (C=O) groups is 4. The molecule has 1 heterocycles. The first kappa shape index (κ1) is 23.7. The van der Waals surface area contributed by atoms with Gasteiger partial charge in [-0.05, 0) is 35.4 Å². The maximum atomic E-state index is 12.7. The van der Waals surface area contributed by atoms with Crippen LogP contribution in [-0.4, -0.2) is 33.7 Å². The summed E-state index contributed by atoms with van der Waals surface area (Å²) < 4.78 is 0. The normalized spacial score (nSPS) is 13.2. The summed E-state index contributed by atoms with van der Waals surface area (Å²) >= 11 is 6.14. The average Bonchev–Trinajstić information content (AvgIpc) is 3.06. The summed E-state index contributed by atoms with van der Waals surface area (Å²) in [5, 5.41) is 14.6. The molecular weight excluding hydrogens is 470 g/mol. The van der Waals surface area contributed by atoms with Gasteiger partial charge >= 0.3 is 5.97 Å². The summed E-state index contributed by atoms with van der Waals surface area (Å²) in [7, 11) is 0. The first-order valence-corrected chi connectivity index (χ1v) is 11.0. The number of carbonyl (C=O) groups excluding carboxylic acids is 3. The number of benzene rings is 3. The molecule has 0 bridgehead atoms. The molecule has 1 aliphatic rings. The molecule has 0 spiro atoms. The standard InChI is InChI=1S/C26H20ClN3O5/c27-21-22(25(33)30(24(21)32)15-17-6-2-1-3-7-17)28-14-16-10-12-18(13-11-16)23(31)29-20-9-5-4-8-19(20)26(34)35/h1-13,28H,14-15H2,(H,29,31)(H,34,35). The predicted molar refractivity (Wildman–Crippen MR) is 130 cm³/mol. The minimum Gasteiger partial charge on any atom is -0.478 e. The average molecular weight is 490 g/mol. The number of nitrogens with one attached hydrogen (secondary N) is 2. The van der Waals surface area contributed by atoms with Gasteiger partial charge in [-0.1, -0.05) is 66.2 Å². The molecule has 0 atom stereocenters. The fourth-order valence-corrected chi connectivity index (χ4v) is 3.80. The summed E-state index contributed by atoms with van der Waals surface area (Å²) in [5.41, 5.74) is 2.09. The van der Waals surface area contributed by atoms with Crippen LogP contribution in [0.15, 0.2) is 89.6 Å². The van der Waals surface area contributed by atoms with Gasteiger partial charge < -0.3 is 15.7 Å². The van der Waals surface area contributed by atoms with E-state index in [1.165, 1.54) is 12.1 Å². The summed E-state index contributed by atoms with van der Waals surface area (Å²) in [6.07, 6.45) is 0. The predicted octanol–water partition coefficient (Wildman–Crippen LogP) is 3.75. The molecule has 0 unspecified atom stereocenters. The van der Waals surface area contributed by atoms with Crippen LogP contribution in [0.25, 0.3) is 0 Å². The lowest BCUT2D eigenvalue weighted by atomic mass is 10.1. The lowest BCUT2D eigenvalue weighted by molar-refractivity contribution is -0.138. The highest BCUT2D eigenvalue weighted by Crippen LogP contribution is 2.24. The number of anilines is 1. The van der Waals surface area contributed by atoms with E-state index in [9.17, 15) is 24.3 Å². The molecule has 0 saturated heterocycles. The van der Waals surface area contributed by atoms with Crippen molar-refractivity contribution in [1.29, 1.82) is 0 Å². The highest BCUT2D eigenvalue weighted by molar-refractivity contribution is 6.47. The molecule has 0 radical (unpaired) electrons. The molecule has 176 valence electrons. The number of amides is 3. The van der Waals surface area contributed by atoms with Crippen molar-refractivity contribution in [2.75, 3.05) is 5.32 Å². The van der Waals surface area contributed by atoms with Crippen molar-refractivity contribution < 1.29 is 24.3 Å². The Morgan fingerprint density at radius 2 is 1.49 bits per heavy atom. The molecule has 3 amide bonds. The van der Waals surface area contributed by atoms with Crippen LogP contribution in [0.2, 0.25) is 0 Å². The Morgan fingerprint density at radius 1 is 0.829 bits per heavy atom. The Kier molecular flexibility index (Phi) is 6.93. The molecule has 3 N–H and O–H groups in total. The molecule has 9 heteroatoms. The minimum absolute atomic E-state index is 0.0103. The smallest absolute Gasteiger partial charge is 0.337 e. The minimum atomic E-state index is -1.14. The van der Waals surface area contributed by atoms with Gasteiger partial charge in [0.05, 0.1) is 17.8 Å². The van der Waals surface area contributed by atoms with E-state index in [1.807, 2.05) is 30.3 Å². The van der Waals surface area contributed by atoms with Crippen LogP contribution >= 0.6 is 11.6 Å². The van der Waals surface area contributed by atoms with Gasteiger partial charge in [0.2, 0.25) is 0 Å². The summed E-state index contributed by atoms with van der Waals surface area (Å²) in [6.45, 7) is 0.322. The van der Waals surface area contributed by atoms with E-state index < -0.39 is 23.7 Å². The highest BCUT2D eigenvalue weighted by Gasteiger charge is 2.37. The third-order valence-corrected chi connectivity index (χ3v) is 5.74. The van der Waals surface area contributed by atoms with Crippen molar-refractivity contribution >= 4 is 41.0 Å². The topological polar surface area (TPSA) is 116 Å². The van der Waals surface area contributed by atoms with Crippen molar-refractivity contribution in [3.05, 3.63) is 112 Å². The third-order valence-electron chi connectivity index (χ3n) is 5.39. The van der Waals surface area contributed by atoms with E-state index in [2.05, 4.69) is 10.6 Å². The van der Waals surface area contributed by atoms with Gasteiger partial charge in [-0.15, -0.1) is 0 Å². The quantitative estimate of drug-likeness (QED) is 0.415. The monoisotopic (exact) mass is 489 g/mol. The molecule has 35 heavy (non-hydrogen) atoms. The lowest BCUT2D eigenvalue weighted by Gasteiger charge is -2.15. The number of hydrogen-bond acceptors (Lipinski definition) is 5. The van der Waals surface area contributed by atoms with Crippen molar-refractivity contribution in [1.82, 2.24) is 10.2 Å². The van der Waals surface area contributed by atoms with E-state index >= 15 is 0 Å². The Bertz CT molecular complexity index is 1340. The number of rotatable bonds is 8. The van der Waals surface area contributed by atoms with Crippen LogP contribution < -0.4 is 10.6 Å². The molecule has 3 aromatic carbocycles.